The lowest BCUT2D eigenvalue weighted by Gasteiger charge is -2.33. The van der Waals surface area contributed by atoms with Crippen LogP contribution >= 0.6 is 0 Å². The maximum absolute atomic E-state index is 11.7. The molecule has 0 radical (unpaired) electrons. The van der Waals surface area contributed by atoms with Crippen molar-refractivity contribution in [2.45, 2.75) is 31.3 Å². The van der Waals surface area contributed by atoms with Gasteiger partial charge < -0.3 is 15.3 Å². The molecule has 0 aromatic carbocycles. The molecular weight excluding hydrogens is 200 g/mol. The van der Waals surface area contributed by atoms with Gasteiger partial charge in [0.1, 0.15) is 12.1 Å². The van der Waals surface area contributed by atoms with Crippen LogP contribution in [0, 0.1) is 0 Å². The number of hydrogen-bond donors (Lipinski definition) is 2. The molecule has 2 aliphatic heterocycles. The molecule has 0 aromatic rings. The molecule has 82 valence electrons. The Morgan fingerprint density at radius 1 is 1.53 bits per heavy atom. The van der Waals surface area contributed by atoms with Gasteiger partial charge in [0.2, 0.25) is 11.8 Å². The summed E-state index contributed by atoms with van der Waals surface area (Å²) in [5.74, 6) is -1.57. The predicted octanol–water partition coefficient (Wildman–Crippen LogP) is -1.05. The molecule has 2 amide bonds. The van der Waals surface area contributed by atoms with E-state index in [-0.39, 0.29) is 24.3 Å². The van der Waals surface area contributed by atoms with E-state index in [4.69, 9.17) is 5.11 Å². The van der Waals surface area contributed by atoms with E-state index < -0.39 is 12.0 Å². The molecule has 0 unspecified atom stereocenters. The maximum atomic E-state index is 11.7. The third-order valence-corrected chi connectivity index (χ3v) is 2.83. The summed E-state index contributed by atoms with van der Waals surface area (Å²) >= 11 is 0. The largest absolute Gasteiger partial charge is 0.481 e. The highest BCUT2D eigenvalue weighted by molar-refractivity contribution is 5.98. The number of nitrogens with one attached hydrogen (secondary N) is 1. The topological polar surface area (TPSA) is 86.7 Å². The van der Waals surface area contributed by atoms with Crippen LogP contribution in [-0.4, -0.2) is 46.4 Å². The molecule has 2 fully saturated rings. The van der Waals surface area contributed by atoms with Crippen LogP contribution in [0.5, 0.6) is 0 Å². The molecular formula is C9H12N2O4. The lowest BCUT2D eigenvalue weighted by Crippen LogP contribution is -2.61. The molecule has 2 atom stereocenters. The number of piperazine rings is 1. The van der Waals surface area contributed by atoms with Crippen molar-refractivity contribution in [1.29, 1.82) is 0 Å². The number of fused-ring (bicyclic) bond motifs is 1. The fourth-order valence-corrected chi connectivity index (χ4v) is 2.15. The second-order valence-electron chi connectivity index (χ2n) is 3.85. The van der Waals surface area contributed by atoms with Gasteiger partial charge in [-0.3, -0.25) is 14.4 Å². The summed E-state index contributed by atoms with van der Waals surface area (Å²) < 4.78 is 0. The van der Waals surface area contributed by atoms with Crippen molar-refractivity contribution in [3.05, 3.63) is 0 Å². The summed E-state index contributed by atoms with van der Waals surface area (Å²) in [6.07, 6.45) is 1.15. The van der Waals surface area contributed by atoms with Gasteiger partial charge >= 0.3 is 5.97 Å². The summed E-state index contributed by atoms with van der Waals surface area (Å²) in [5.41, 5.74) is 0. The Kier molecular flexibility index (Phi) is 2.34. The lowest BCUT2D eigenvalue weighted by atomic mass is 10.1. The minimum Gasteiger partial charge on any atom is -0.481 e. The van der Waals surface area contributed by atoms with Crippen LogP contribution in [0.1, 0.15) is 19.3 Å². The van der Waals surface area contributed by atoms with Crippen LogP contribution in [0.2, 0.25) is 0 Å². The quantitative estimate of drug-likeness (QED) is 0.611. The van der Waals surface area contributed by atoms with E-state index in [0.29, 0.717) is 13.0 Å². The van der Waals surface area contributed by atoms with E-state index in [1.54, 1.807) is 0 Å². The van der Waals surface area contributed by atoms with Crippen LogP contribution in [-0.2, 0) is 14.4 Å². The van der Waals surface area contributed by atoms with Crippen LogP contribution in [0.25, 0.3) is 0 Å². The van der Waals surface area contributed by atoms with Crippen molar-refractivity contribution < 1.29 is 19.5 Å². The summed E-state index contributed by atoms with van der Waals surface area (Å²) in [4.78, 5) is 35.2. The first-order valence-corrected chi connectivity index (χ1v) is 4.92. The Labute approximate surface area is 86.2 Å². The zero-order valence-electron chi connectivity index (χ0n) is 8.10. The maximum Gasteiger partial charge on any atom is 0.305 e. The van der Waals surface area contributed by atoms with Crippen LogP contribution in [0.3, 0.4) is 0 Å². The minimum atomic E-state index is -1.08. The summed E-state index contributed by atoms with van der Waals surface area (Å²) in [7, 11) is 0. The standard InChI is InChI=1S/C9H12N2O4/c12-7(13)4-5-9(15)11-3-1-2-6(11)8(14)10-5/h5-6H,1-4H2,(H,10,14)(H,12,13)/t5-,6-/m0/s1. The number of nitrogens with zero attached hydrogens (tertiary/aromatic N) is 1. The average Bonchev–Trinajstić information content (AvgIpc) is 2.61. The first-order chi connectivity index (χ1) is 7.09. The molecule has 0 bridgehead atoms. The molecule has 0 aliphatic carbocycles. The number of carbonyl (C=O) groups is 3. The second kappa shape index (κ2) is 3.52. The van der Waals surface area contributed by atoms with E-state index in [1.165, 1.54) is 4.90 Å². The molecule has 2 N–H and O–H groups in total. The van der Waals surface area contributed by atoms with Crippen molar-refractivity contribution >= 4 is 17.8 Å². The molecule has 0 spiro atoms. The first kappa shape index (κ1) is 9.95. The average molecular weight is 212 g/mol. The van der Waals surface area contributed by atoms with Crippen LogP contribution < -0.4 is 5.32 Å². The van der Waals surface area contributed by atoms with E-state index in [9.17, 15) is 14.4 Å². The summed E-state index contributed by atoms with van der Waals surface area (Å²) in [6, 6.07) is -1.26. The van der Waals surface area contributed by atoms with Crippen molar-refractivity contribution in [2.24, 2.45) is 0 Å². The monoisotopic (exact) mass is 212 g/mol. The van der Waals surface area contributed by atoms with Crippen molar-refractivity contribution in [3.63, 3.8) is 0 Å². The smallest absolute Gasteiger partial charge is 0.305 e. The molecule has 2 heterocycles. The molecule has 15 heavy (non-hydrogen) atoms. The van der Waals surface area contributed by atoms with Crippen molar-refractivity contribution in [2.75, 3.05) is 6.54 Å². The Hall–Kier alpha value is -1.59. The summed E-state index contributed by atoms with van der Waals surface area (Å²) in [5, 5.41) is 11.0. The lowest BCUT2D eigenvalue weighted by molar-refractivity contribution is -0.150. The number of carboxylic acid groups (broad SMARTS) is 1. The molecule has 2 aliphatic rings. The Morgan fingerprint density at radius 3 is 2.93 bits per heavy atom. The molecule has 2 rings (SSSR count). The molecule has 6 nitrogen and oxygen atoms in total. The highest BCUT2D eigenvalue weighted by Gasteiger charge is 2.43. The Morgan fingerprint density at radius 2 is 2.27 bits per heavy atom. The van der Waals surface area contributed by atoms with Crippen LogP contribution in [0.15, 0.2) is 0 Å². The zero-order chi connectivity index (χ0) is 11.0. The fraction of sp³-hybridized carbons (Fsp3) is 0.667. The number of amides is 2. The van der Waals surface area contributed by atoms with Gasteiger partial charge in [0.25, 0.3) is 0 Å². The van der Waals surface area contributed by atoms with Crippen LogP contribution in [0.4, 0.5) is 0 Å². The molecule has 6 heteroatoms. The number of carboxylic acids is 1. The normalized spacial score (nSPS) is 30.0. The van der Waals surface area contributed by atoms with Gasteiger partial charge in [-0.25, -0.2) is 0 Å². The van der Waals surface area contributed by atoms with Crippen molar-refractivity contribution in [1.82, 2.24) is 10.2 Å². The predicted molar refractivity (Wildman–Crippen MR) is 48.9 cm³/mol. The number of hydrogen-bond acceptors (Lipinski definition) is 3. The highest BCUT2D eigenvalue weighted by atomic mass is 16.4. The van der Waals surface area contributed by atoms with E-state index in [0.717, 1.165) is 6.42 Å². The SMILES string of the molecule is O=C(O)C[C@@H]1NC(=O)[C@@H]2CCCN2C1=O. The molecule has 2 saturated heterocycles. The molecule has 0 aromatic heterocycles. The van der Waals surface area contributed by atoms with Gasteiger partial charge in [-0.1, -0.05) is 0 Å². The van der Waals surface area contributed by atoms with Crippen molar-refractivity contribution in [3.8, 4) is 0 Å². The number of carbonyl (C=O) groups excluding carboxylic acids is 2. The van der Waals surface area contributed by atoms with E-state index in [1.807, 2.05) is 0 Å². The number of rotatable bonds is 2. The van der Waals surface area contributed by atoms with Gasteiger partial charge in [-0.15, -0.1) is 0 Å². The highest BCUT2D eigenvalue weighted by Crippen LogP contribution is 2.22. The minimum absolute atomic E-state index is 0.224. The van der Waals surface area contributed by atoms with E-state index in [2.05, 4.69) is 5.32 Å². The Bertz CT molecular complexity index is 328. The fourth-order valence-electron chi connectivity index (χ4n) is 2.15. The van der Waals surface area contributed by atoms with Gasteiger partial charge in [0.05, 0.1) is 6.42 Å². The molecule has 0 saturated carbocycles. The third-order valence-electron chi connectivity index (χ3n) is 2.83. The first-order valence-electron chi connectivity index (χ1n) is 4.92. The van der Waals surface area contributed by atoms with E-state index >= 15 is 0 Å². The zero-order valence-corrected chi connectivity index (χ0v) is 8.10. The van der Waals surface area contributed by atoms with Gasteiger partial charge in [0.15, 0.2) is 0 Å². The second-order valence-corrected chi connectivity index (χ2v) is 3.85. The Balaban J connectivity index is 2.13. The number of aliphatic carboxylic acids is 1. The van der Waals surface area contributed by atoms with Gasteiger partial charge in [-0.05, 0) is 12.8 Å². The van der Waals surface area contributed by atoms with Gasteiger partial charge in [0, 0.05) is 6.54 Å². The summed E-state index contributed by atoms with van der Waals surface area (Å²) in [6.45, 7) is 0.563. The van der Waals surface area contributed by atoms with Gasteiger partial charge in [-0.2, -0.15) is 0 Å². The third kappa shape index (κ3) is 1.67.